The average Bonchev–Trinajstić information content (AvgIpc) is 3.11. The largest absolute Gasteiger partial charge is 0.490 e. The Kier molecular flexibility index (Phi) is 5.40. The first kappa shape index (κ1) is 21.2. The van der Waals surface area contributed by atoms with E-state index >= 15 is 0 Å². The van der Waals surface area contributed by atoms with Gasteiger partial charge in [0.15, 0.2) is 5.43 Å². The van der Waals surface area contributed by atoms with E-state index in [4.69, 9.17) is 32.4 Å². The van der Waals surface area contributed by atoms with Crippen molar-refractivity contribution in [2.45, 2.75) is 6.04 Å². The molecule has 5 rings (SSSR count). The fourth-order valence-electron chi connectivity index (χ4n) is 3.94. The van der Waals surface area contributed by atoms with Gasteiger partial charge in [0.1, 0.15) is 23.8 Å². The van der Waals surface area contributed by atoms with Crippen LogP contribution in [0.15, 0.2) is 82.7 Å². The van der Waals surface area contributed by atoms with Gasteiger partial charge >= 0.3 is 0 Å². The first-order valence-electron chi connectivity index (χ1n) is 10.0. The highest BCUT2D eigenvalue weighted by Gasteiger charge is 2.44. The van der Waals surface area contributed by atoms with E-state index < -0.39 is 11.9 Å². The van der Waals surface area contributed by atoms with Crippen LogP contribution in [0.5, 0.6) is 5.75 Å². The second kappa shape index (κ2) is 8.39. The van der Waals surface area contributed by atoms with Crippen LogP contribution >= 0.6 is 23.2 Å². The summed E-state index contributed by atoms with van der Waals surface area (Å²) in [5, 5.41) is 1.12. The molecule has 0 bridgehead atoms. The summed E-state index contributed by atoms with van der Waals surface area (Å²) in [6.07, 6.45) is 3.08. The molecule has 3 heterocycles. The van der Waals surface area contributed by atoms with E-state index in [1.54, 1.807) is 48.5 Å². The maximum absolute atomic E-state index is 13.6. The van der Waals surface area contributed by atoms with E-state index in [0.717, 1.165) is 0 Å². The number of fused-ring (bicyclic) bond motifs is 2. The van der Waals surface area contributed by atoms with E-state index in [9.17, 15) is 9.59 Å². The fourth-order valence-corrected chi connectivity index (χ4v) is 4.22. The lowest BCUT2D eigenvalue weighted by Crippen LogP contribution is -2.30. The Balaban J connectivity index is 1.76. The van der Waals surface area contributed by atoms with Gasteiger partial charge < -0.3 is 9.15 Å². The van der Waals surface area contributed by atoms with Crippen molar-refractivity contribution in [3.8, 4) is 5.75 Å². The van der Waals surface area contributed by atoms with Gasteiger partial charge in [0.25, 0.3) is 5.91 Å². The number of nitrogens with zero attached hydrogens (tertiary/aromatic N) is 2. The van der Waals surface area contributed by atoms with Crippen LogP contribution in [0.4, 0.5) is 5.82 Å². The summed E-state index contributed by atoms with van der Waals surface area (Å²) in [5.41, 5.74) is 0.826. The highest BCUT2D eigenvalue weighted by atomic mass is 35.5. The molecule has 6 nitrogen and oxygen atoms in total. The number of carbonyl (C=O) groups is 1. The second-order valence-corrected chi connectivity index (χ2v) is 8.27. The maximum atomic E-state index is 13.6. The molecule has 0 aliphatic carbocycles. The second-order valence-electron chi connectivity index (χ2n) is 7.40. The van der Waals surface area contributed by atoms with Gasteiger partial charge in [-0.05, 0) is 48.0 Å². The van der Waals surface area contributed by atoms with E-state index in [0.29, 0.717) is 39.2 Å². The third kappa shape index (κ3) is 3.67. The van der Waals surface area contributed by atoms with Gasteiger partial charge in [-0.3, -0.25) is 14.5 Å². The summed E-state index contributed by atoms with van der Waals surface area (Å²) in [4.78, 5) is 32.9. The molecule has 4 aromatic rings. The van der Waals surface area contributed by atoms with Crippen molar-refractivity contribution in [2.75, 3.05) is 11.5 Å². The molecular weight excluding hydrogens is 463 g/mol. The van der Waals surface area contributed by atoms with Crippen LogP contribution in [0.25, 0.3) is 11.0 Å². The number of aromatic nitrogens is 1. The van der Waals surface area contributed by atoms with E-state index in [1.807, 2.05) is 6.07 Å². The molecule has 0 saturated heterocycles. The summed E-state index contributed by atoms with van der Waals surface area (Å²) in [6.45, 7) is 3.98. The molecule has 1 amide bonds. The zero-order chi connectivity index (χ0) is 23.1. The minimum atomic E-state index is -0.784. The lowest BCUT2D eigenvalue weighted by molar-refractivity contribution is 0.0970. The molecule has 33 heavy (non-hydrogen) atoms. The van der Waals surface area contributed by atoms with E-state index in [1.165, 1.54) is 17.2 Å². The number of rotatable bonds is 5. The molecule has 1 aliphatic rings. The van der Waals surface area contributed by atoms with Gasteiger partial charge in [0, 0.05) is 11.2 Å². The van der Waals surface area contributed by atoms with Gasteiger partial charge in [-0.1, -0.05) is 48.0 Å². The summed E-state index contributed by atoms with van der Waals surface area (Å²) in [5.74, 6) is 0.399. The minimum Gasteiger partial charge on any atom is -0.490 e. The Morgan fingerprint density at radius 3 is 2.67 bits per heavy atom. The molecular formula is C25H16Cl2N2O4. The number of pyridine rings is 1. The number of benzene rings is 2. The normalized spacial score (nSPS) is 15.0. The topological polar surface area (TPSA) is 72.6 Å². The zero-order valence-electron chi connectivity index (χ0n) is 17.1. The first-order valence-corrected chi connectivity index (χ1v) is 10.8. The third-order valence-corrected chi connectivity index (χ3v) is 5.79. The highest BCUT2D eigenvalue weighted by Crippen LogP contribution is 2.41. The van der Waals surface area contributed by atoms with Crippen molar-refractivity contribution in [2.24, 2.45) is 0 Å². The van der Waals surface area contributed by atoms with Crippen molar-refractivity contribution < 1.29 is 13.9 Å². The van der Waals surface area contributed by atoms with Crippen molar-refractivity contribution in [3.63, 3.8) is 0 Å². The number of hydrogen-bond donors (Lipinski definition) is 0. The predicted octanol–water partition coefficient (Wildman–Crippen LogP) is 5.81. The fraction of sp³-hybridized carbons (Fsp3) is 0.0800. The summed E-state index contributed by atoms with van der Waals surface area (Å²) < 4.78 is 11.6. The molecule has 0 spiro atoms. The predicted molar refractivity (Wildman–Crippen MR) is 128 cm³/mol. The van der Waals surface area contributed by atoms with Crippen molar-refractivity contribution >= 4 is 45.9 Å². The lowest BCUT2D eigenvalue weighted by Gasteiger charge is -2.24. The molecule has 2 aromatic heterocycles. The number of hydrogen-bond acceptors (Lipinski definition) is 5. The van der Waals surface area contributed by atoms with Crippen molar-refractivity contribution in [1.29, 1.82) is 0 Å². The van der Waals surface area contributed by atoms with Gasteiger partial charge in [-0.15, -0.1) is 0 Å². The standard InChI is InChI=1S/C25H16Cl2N2O4/c1-2-10-32-17-5-3-4-14(11-17)22-21-23(30)18-12-15(26)6-8-19(18)33-24(21)25(31)29(22)20-9-7-16(27)13-28-20/h2-9,11-13,22H,1,10H2. The van der Waals surface area contributed by atoms with Crippen molar-refractivity contribution in [3.05, 3.63) is 111 Å². The molecule has 1 aliphatic heterocycles. The minimum absolute atomic E-state index is 0.0333. The molecule has 0 N–H and O–H groups in total. The molecule has 0 fully saturated rings. The Bertz CT molecular complexity index is 1460. The Hall–Kier alpha value is -3.61. The lowest BCUT2D eigenvalue weighted by atomic mass is 9.98. The number of anilines is 1. The number of amides is 1. The Labute approximate surface area is 198 Å². The van der Waals surface area contributed by atoms with Crippen LogP contribution < -0.4 is 15.1 Å². The van der Waals surface area contributed by atoms with Crippen LogP contribution in [0, 0.1) is 0 Å². The molecule has 0 radical (unpaired) electrons. The summed E-state index contributed by atoms with van der Waals surface area (Å²) >= 11 is 12.1. The molecule has 1 atom stereocenters. The zero-order valence-corrected chi connectivity index (χ0v) is 18.6. The maximum Gasteiger partial charge on any atom is 0.296 e. The molecule has 8 heteroatoms. The van der Waals surface area contributed by atoms with Gasteiger partial charge in [-0.2, -0.15) is 0 Å². The van der Waals surface area contributed by atoms with Gasteiger partial charge in [0.05, 0.1) is 22.0 Å². The van der Waals surface area contributed by atoms with Gasteiger partial charge in [-0.25, -0.2) is 4.98 Å². The van der Waals surface area contributed by atoms with Gasteiger partial charge in [0.2, 0.25) is 5.76 Å². The summed E-state index contributed by atoms with van der Waals surface area (Å²) in [6, 6.07) is 14.4. The molecule has 1 unspecified atom stereocenters. The third-order valence-electron chi connectivity index (χ3n) is 5.33. The Morgan fingerprint density at radius 1 is 1.09 bits per heavy atom. The van der Waals surface area contributed by atoms with Crippen LogP contribution in [-0.4, -0.2) is 17.5 Å². The average molecular weight is 479 g/mol. The van der Waals surface area contributed by atoms with Crippen LogP contribution in [0.1, 0.15) is 27.7 Å². The monoisotopic (exact) mass is 478 g/mol. The molecule has 2 aromatic carbocycles. The highest BCUT2D eigenvalue weighted by molar-refractivity contribution is 6.31. The number of halogens is 2. The smallest absolute Gasteiger partial charge is 0.296 e. The molecule has 164 valence electrons. The van der Waals surface area contributed by atoms with Crippen LogP contribution in [0.2, 0.25) is 10.0 Å². The van der Waals surface area contributed by atoms with Crippen LogP contribution in [-0.2, 0) is 0 Å². The molecule has 0 saturated carbocycles. The van der Waals surface area contributed by atoms with E-state index in [2.05, 4.69) is 11.6 Å². The Morgan fingerprint density at radius 2 is 1.91 bits per heavy atom. The quantitative estimate of drug-likeness (QED) is 0.338. The first-order chi connectivity index (χ1) is 16.0. The van der Waals surface area contributed by atoms with Crippen LogP contribution in [0.3, 0.4) is 0 Å². The number of ether oxygens (including phenoxy) is 1. The van der Waals surface area contributed by atoms with E-state index in [-0.39, 0.29) is 22.3 Å². The number of carbonyl (C=O) groups excluding carboxylic acids is 1. The SMILES string of the molecule is C=CCOc1cccc(C2c3c(oc4ccc(Cl)cc4c3=O)C(=O)N2c2ccc(Cl)cn2)c1. The van der Waals surface area contributed by atoms with Crippen molar-refractivity contribution in [1.82, 2.24) is 4.98 Å². The summed E-state index contributed by atoms with van der Waals surface area (Å²) in [7, 11) is 0.